The van der Waals surface area contributed by atoms with Crippen molar-refractivity contribution in [2.75, 3.05) is 7.05 Å². The summed E-state index contributed by atoms with van der Waals surface area (Å²) in [6, 6.07) is 2.13. The minimum absolute atomic E-state index is 0.0527. The third-order valence-corrected chi connectivity index (χ3v) is 3.68. The number of nitrogens with two attached hydrogens (primary N) is 1. The van der Waals surface area contributed by atoms with Crippen molar-refractivity contribution in [1.82, 2.24) is 19.1 Å². The van der Waals surface area contributed by atoms with Gasteiger partial charge in [-0.1, -0.05) is 0 Å². The minimum atomic E-state index is -4.65. The van der Waals surface area contributed by atoms with E-state index in [1.807, 2.05) is 0 Å². The molecule has 0 aliphatic rings. The Labute approximate surface area is 138 Å². The van der Waals surface area contributed by atoms with E-state index < -0.39 is 17.4 Å². The summed E-state index contributed by atoms with van der Waals surface area (Å²) in [4.78, 5) is 24.4. The van der Waals surface area contributed by atoms with Crippen molar-refractivity contribution in [2.24, 2.45) is 17.8 Å². The average Bonchev–Trinajstić information content (AvgIpc) is 2.95. The average molecular weight is 350 g/mol. The smallest absolute Gasteiger partial charge is 0.404 e. The zero-order valence-electron chi connectivity index (χ0n) is 13.2. The number of hydrogen-bond acceptors (Lipinski definition) is 5. The number of aryl methyl sites for hydroxylation is 1. The van der Waals surface area contributed by atoms with E-state index in [1.54, 1.807) is 11.6 Å². The first-order chi connectivity index (χ1) is 11.8. The van der Waals surface area contributed by atoms with Crippen LogP contribution >= 0.6 is 0 Å². The third-order valence-electron chi connectivity index (χ3n) is 3.68. The molecule has 3 aromatic rings. The van der Waals surface area contributed by atoms with Gasteiger partial charge in [0.25, 0.3) is 5.56 Å². The van der Waals surface area contributed by atoms with Crippen molar-refractivity contribution in [3.05, 3.63) is 46.8 Å². The lowest BCUT2D eigenvalue weighted by Crippen LogP contribution is -2.28. The summed E-state index contributed by atoms with van der Waals surface area (Å²) in [6.07, 6.45) is -0.798. The van der Waals surface area contributed by atoms with Crippen LogP contribution in [-0.4, -0.2) is 32.0 Å². The Kier molecular flexibility index (Phi) is 3.82. The third kappa shape index (κ3) is 2.55. The molecule has 3 aromatic heterocycles. The van der Waals surface area contributed by atoms with Gasteiger partial charge in [0.05, 0.1) is 11.8 Å². The lowest BCUT2D eigenvalue weighted by atomic mass is 10.2. The number of aliphatic imine (C=N–C) groups is 1. The van der Waals surface area contributed by atoms with E-state index in [9.17, 15) is 18.0 Å². The molecule has 0 saturated heterocycles. The quantitative estimate of drug-likeness (QED) is 0.534. The number of pyridine rings is 2. The zero-order valence-corrected chi connectivity index (χ0v) is 13.2. The first kappa shape index (κ1) is 16.7. The highest BCUT2D eigenvalue weighted by atomic mass is 19.4. The minimum Gasteiger partial charge on any atom is -0.404 e. The first-order valence-electron chi connectivity index (χ1n) is 7.09. The second-order valence-corrected chi connectivity index (χ2v) is 5.20. The molecule has 0 aliphatic heterocycles. The van der Waals surface area contributed by atoms with E-state index in [0.29, 0.717) is 10.9 Å². The van der Waals surface area contributed by atoms with Crippen molar-refractivity contribution in [2.45, 2.75) is 6.18 Å². The van der Waals surface area contributed by atoms with Gasteiger partial charge in [0.2, 0.25) is 0 Å². The summed E-state index contributed by atoms with van der Waals surface area (Å²) in [5.41, 5.74) is 3.94. The molecule has 0 fully saturated rings. The molecule has 0 aliphatic carbocycles. The van der Waals surface area contributed by atoms with Crippen LogP contribution in [0.1, 0.15) is 5.69 Å². The topological polar surface area (TPSA) is 91.1 Å². The maximum atomic E-state index is 13.1. The van der Waals surface area contributed by atoms with Gasteiger partial charge in [-0.05, 0) is 24.4 Å². The molecule has 0 aromatic carbocycles. The van der Waals surface area contributed by atoms with Gasteiger partial charge in [0, 0.05) is 19.5 Å². The Morgan fingerprint density at radius 1 is 1.36 bits per heavy atom. The molecule has 0 bridgehead atoms. The van der Waals surface area contributed by atoms with Crippen LogP contribution in [0.3, 0.4) is 0 Å². The molecule has 0 amide bonds. The van der Waals surface area contributed by atoms with Gasteiger partial charge in [-0.25, -0.2) is 14.5 Å². The standard InChI is InChI=1S/C15H13F3N6O/c1-20-10(5-6-19)24-13-8(3-4-9(22-13)15(16,17)18)12-11(14(24)25)21-7-23(12)2/h3-7H,19H2,1-2H3. The second kappa shape index (κ2) is 5.72. The molecule has 3 rings (SSSR count). The van der Waals surface area contributed by atoms with Crippen LogP contribution in [0.2, 0.25) is 0 Å². The zero-order chi connectivity index (χ0) is 18.4. The van der Waals surface area contributed by atoms with Crippen molar-refractivity contribution < 1.29 is 13.2 Å². The van der Waals surface area contributed by atoms with E-state index in [4.69, 9.17) is 5.73 Å². The van der Waals surface area contributed by atoms with Crippen molar-refractivity contribution in [3.8, 4) is 0 Å². The van der Waals surface area contributed by atoms with Crippen LogP contribution in [0.5, 0.6) is 0 Å². The summed E-state index contributed by atoms with van der Waals surface area (Å²) in [5.74, 6) is 0.0527. The number of allylic oxidation sites excluding steroid dienone is 1. The maximum Gasteiger partial charge on any atom is 0.433 e. The number of halogens is 3. The fourth-order valence-electron chi connectivity index (χ4n) is 2.62. The van der Waals surface area contributed by atoms with Crippen LogP contribution in [0.4, 0.5) is 13.2 Å². The van der Waals surface area contributed by atoms with Gasteiger partial charge in [-0.15, -0.1) is 0 Å². The summed E-state index contributed by atoms with van der Waals surface area (Å²) >= 11 is 0. The summed E-state index contributed by atoms with van der Waals surface area (Å²) in [5, 5.41) is 0.342. The Balaban J connectivity index is 2.58. The van der Waals surface area contributed by atoms with E-state index in [2.05, 4.69) is 15.0 Å². The van der Waals surface area contributed by atoms with Crippen molar-refractivity contribution in [3.63, 3.8) is 0 Å². The van der Waals surface area contributed by atoms with E-state index >= 15 is 0 Å². The second-order valence-electron chi connectivity index (χ2n) is 5.20. The van der Waals surface area contributed by atoms with Gasteiger partial charge < -0.3 is 10.3 Å². The van der Waals surface area contributed by atoms with Crippen LogP contribution in [0.25, 0.3) is 22.1 Å². The predicted octanol–water partition coefficient (Wildman–Crippen LogP) is 1.65. The largest absolute Gasteiger partial charge is 0.433 e. The van der Waals surface area contributed by atoms with Crippen LogP contribution < -0.4 is 11.3 Å². The summed E-state index contributed by atoms with van der Waals surface area (Å²) < 4.78 is 41.8. The number of aromatic nitrogens is 4. The number of nitrogens with zero attached hydrogens (tertiary/aromatic N) is 5. The van der Waals surface area contributed by atoms with Gasteiger partial charge in [-0.3, -0.25) is 9.79 Å². The summed E-state index contributed by atoms with van der Waals surface area (Å²) in [7, 11) is 3.04. The van der Waals surface area contributed by atoms with Crippen LogP contribution in [-0.2, 0) is 13.2 Å². The van der Waals surface area contributed by atoms with Gasteiger partial charge in [0.1, 0.15) is 11.5 Å². The molecule has 7 nitrogen and oxygen atoms in total. The molecule has 0 atom stereocenters. The summed E-state index contributed by atoms with van der Waals surface area (Å²) in [6.45, 7) is 0. The highest BCUT2D eigenvalue weighted by Crippen LogP contribution is 2.30. The first-order valence-corrected chi connectivity index (χ1v) is 7.09. The number of fused-ring (bicyclic) bond motifs is 3. The Bertz CT molecular complexity index is 1090. The molecular weight excluding hydrogens is 337 g/mol. The van der Waals surface area contributed by atoms with Crippen molar-refractivity contribution >= 4 is 27.9 Å². The lowest BCUT2D eigenvalue weighted by Gasteiger charge is -2.13. The molecular formula is C15H13F3N6O. The molecule has 0 radical (unpaired) electrons. The molecule has 25 heavy (non-hydrogen) atoms. The molecule has 2 N–H and O–H groups in total. The Morgan fingerprint density at radius 2 is 2.08 bits per heavy atom. The molecule has 130 valence electrons. The monoisotopic (exact) mass is 350 g/mol. The van der Waals surface area contributed by atoms with Gasteiger partial charge in [0.15, 0.2) is 11.2 Å². The molecule has 10 heteroatoms. The van der Waals surface area contributed by atoms with Gasteiger partial charge >= 0.3 is 6.18 Å². The normalized spacial score (nSPS) is 13.4. The number of rotatable bonds is 1. The maximum absolute atomic E-state index is 13.1. The number of imidazole rings is 1. The van der Waals surface area contributed by atoms with E-state index in [1.165, 1.54) is 25.5 Å². The Hall–Kier alpha value is -3.17. The lowest BCUT2D eigenvalue weighted by molar-refractivity contribution is -0.141. The number of alkyl halides is 3. The molecule has 0 saturated carbocycles. The number of hydrogen-bond donors (Lipinski definition) is 1. The molecule has 0 spiro atoms. The fourth-order valence-corrected chi connectivity index (χ4v) is 2.62. The van der Waals surface area contributed by atoms with Crippen molar-refractivity contribution in [1.29, 1.82) is 0 Å². The highest BCUT2D eigenvalue weighted by Gasteiger charge is 2.33. The molecule has 3 heterocycles. The highest BCUT2D eigenvalue weighted by molar-refractivity contribution is 6.07. The van der Waals surface area contributed by atoms with Crippen LogP contribution in [0.15, 0.2) is 40.5 Å². The molecule has 0 unspecified atom stereocenters. The van der Waals surface area contributed by atoms with E-state index in [-0.39, 0.29) is 17.0 Å². The van der Waals surface area contributed by atoms with Crippen LogP contribution in [0, 0.1) is 0 Å². The van der Waals surface area contributed by atoms with Gasteiger partial charge in [-0.2, -0.15) is 13.2 Å². The fraction of sp³-hybridized carbons (Fsp3) is 0.200. The van der Waals surface area contributed by atoms with E-state index in [0.717, 1.165) is 16.8 Å². The SMILES string of the molecule is CN=C(C=CN)n1c(=O)c2ncn(C)c2c2ccc(C(F)(F)F)nc21. The Morgan fingerprint density at radius 3 is 2.68 bits per heavy atom. The predicted molar refractivity (Wildman–Crippen MR) is 87.4 cm³/mol.